The van der Waals surface area contributed by atoms with Crippen molar-refractivity contribution in [2.45, 2.75) is 6.54 Å². The second-order valence-corrected chi connectivity index (χ2v) is 5.81. The fraction of sp³-hybridized carbons (Fsp3) is 0.211. The average Bonchev–Trinajstić information content (AvgIpc) is 2.65. The predicted octanol–water partition coefficient (Wildman–Crippen LogP) is 2.20. The van der Waals surface area contributed by atoms with E-state index in [-0.39, 0.29) is 18.1 Å². The maximum Gasteiger partial charge on any atom is 0.414 e. The first-order valence-electron chi connectivity index (χ1n) is 8.15. The molecule has 0 unspecified atom stereocenters. The molecule has 2 rings (SSSR count). The second-order valence-electron chi connectivity index (χ2n) is 5.81. The van der Waals surface area contributed by atoms with Gasteiger partial charge in [0.15, 0.2) is 11.6 Å². The number of carbonyl (C=O) groups excluding carboxylic acids is 1. The van der Waals surface area contributed by atoms with E-state index in [0.29, 0.717) is 6.54 Å². The summed E-state index contributed by atoms with van der Waals surface area (Å²) in [7, 11) is 3.39. The zero-order chi connectivity index (χ0) is 22.0. The number of carboxylic acids is 2. The minimum Gasteiger partial charge on any atom is -0.497 e. The molecule has 0 aliphatic heterocycles. The van der Waals surface area contributed by atoms with Gasteiger partial charge >= 0.3 is 11.9 Å². The van der Waals surface area contributed by atoms with Crippen molar-refractivity contribution in [1.29, 1.82) is 0 Å². The molecule has 0 saturated heterocycles. The van der Waals surface area contributed by atoms with E-state index in [1.807, 2.05) is 29.2 Å². The molecule has 2 aromatic carbocycles. The molecule has 0 aliphatic rings. The smallest absolute Gasteiger partial charge is 0.414 e. The third-order valence-electron chi connectivity index (χ3n) is 3.39. The highest BCUT2D eigenvalue weighted by atomic mass is 19.2. The third kappa shape index (κ3) is 8.80. The predicted molar refractivity (Wildman–Crippen MR) is 99.6 cm³/mol. The maximum absolute atomic E-state index is 13.1. The number of methoxy groups -OCH3 is 1. The first-order valence-corrected chi connectivity index (χ1v) is 8.15. The maximum atomic E-state index is 13.1. The van der Waals surface area contributed by atoms with Crippen LogP contribution in [0, 0.1) is 11.6 Å². The summed E-state index contributed by atoms with van der Waals surface area (Å²) in [5.74, 6) is -5.14. The van der Waals surface area contributed by atoms with Gasteiger partial charge in [-0.15, -0.1) is 0 Å². The van der Waals surface area contributed by atoms with Crippen LogP contribution in [0.3, 0.4) is 0 Å². The minimum absolute atomic E-state index is 0.121. The van der Waals surface area contributed by atoms with E-state index in [1.165, 1.54) is 6.07 Å². The first kappa shape index (κ1) is 23.5. The molecular weight excluding hydrogens is 390 g/mol. The van der Waals surface area contributed by atoms with E-state index in [9.17, 15) is 13.6 Å². The molecule has 0 aliphatic carbocycles. The number of carboxylic acid groups (broad SMARTS) is 2. The zero-order valence-corrected chi connectivity index (χ0v) is 15.7. The Hall–Kier alpha value is -3.53. The highest BCUT2D eigenvalue weighted by molar-refractivity contribution is 6.27. The molecule has 1 amide bonds. The number of amides is 1. The van der Waals surface area contributed by atoms with Crippen LogP contribution in [0.25, 0.3) is 0 Å². The van der Waals surface area contributed by atoms with Gasteiger partial charge in [0.25, 0.3) is 0 Å². The molecule has 0 heterocycles. The summed E-state index contributed by atoms with van der Waals surface area (Å²) in [6.45, 7) is 0.679. The van der Waals surface area contributed by atoms with Gasteiger partial charge < -0.3 is 20.3 Å². The molecule has 156 valence electrons. The molecule has 0 saturated carbocycles. The molecular formula is C19H20F2N2O6. The van der Waals surface area contributed by atoms with Crippen LogP contribution in [0.2, 0.25) is 0 Å². The van der Waals surface area contributed by atoms with Gasteiger partial charge in [-0.1, -0.05) is 12.1 Å². The van der Waals surface area contributed by atoms with E-state index in [0.717, 1.165) is 23.4 Å². The van der Waals surface area contributed by atoms with Crippen LogP contribution < -0.4 is 10.1 Å². The van der Waals surface area contributed by atoms with Gasteiger partial charge in [-0.25, -0.2) is 18.4 Å². The standard InChI is InChI=1S/C17H18F2N2O2.C2H2O4/c1-21(10-12-4-3-5-14(8-12)23-2)11-17(22)20-13-6-7-15(18)16(19)9-13;3-1(4)2(5)6/h3-9H,10-11H2,1-2H3,(H,20,22);(H,3,4)(H,5,6). The number of halogens is 2. The van der Waals surface area contributed by atoms with Crippen LogP contribution in [0.1, 0.15) is 5.56 Å². The normalized spacial score (nSPS) is 9.97. The lowest BCUT2D eigenvalue weighted by atomic mass is 10.2. The van der Waals surface area contributed by atoms with E-state index in [2.05, 4.69) is 5.32 Å². The summed E-state index contributed by atoms with van der Waals surface area (Å²) in [5, 5.41) is 17.3. The molecule has 0 radical (unpaired) electrons. The fourth-order valence-corrected chi connectivity index (χ4v) is 2.16. The Kier molecular flexibility index (Phi) is 9.20. The van der Waals surface area contributed by atoms with Gasteiger partial charge in [0, 0.05) is 18.3 Å². The number of hydrogen-bond donors (Lipinski definition) is 3. The van der Waals surface area contributed by atoms with Crippen molar-refractivity contribution < 1.29 is 38.1 Å². The Morgan fingerprint density at radius 1 is 1.03 bits per heavy atom. The summed E-state index contributed by atoms with van der Waals surface area (Å²) < 4.78 is 31.1. The molecule has 0 fully saturated rings. The molecule has 0 spiro atoms. The quantitative estimate of drug-likeness (QED) is 0.625. The van der Waals surface area contributed by atoms with Gasteiger partial charge in [-0.3, -0.25) is 9.69 Å². The number of anilines is 1. The first-order chi connectivity index (χ1) is 13.6. The van der Waals surface area contributed by atoms with Crippen molar-refractivity contribution in [2.75, 3.05) is 26.0 Å². The highest BCUT2D eigenvalue weighted by Gasteiger charge is 2.10. The van der Waals surface area contributed by atoms with E-state index in [4.69, 9.17) is 24.5 Å². The van der Waals surface area contributed by atoms with Crippen molar-refractivity contribution in [2.24, 2.45) is 0 Å². The topological polar surface area (TPSA) is 116 Å². The van der Waals surface area contributed by atoms with Crippen LogP contribution in [0.15, 0.2) is 42.5 Å². The summed E-state index contributed by atoms with van der Waals surface area (Å²) in [6, 6.07) is 10.8. The number of nitrogens with zero attached hydrogens (tertiary/aromatic N) is 1. The van der Waals surface area contributed by atoms with E-state index in [1.54, 1.807) is 14.2 Å². The van der Waals surface area contributed by atoms with Crippen LogP contribution in [0.4, 0.5) is 14.5 Å². The summed E-state index contributed by atoms with van der Waals surface area (Å²) >= 11 is 0. The van der Waals surface area contributed by atoms with E-state index >= 15 is 0 Å². The molecule has 2 aromatic rings. The second kappa shape index (κ2) is 11.3. The lowest BCUT2D eigenvalue weighted by molar-refractivity contribution is -0.159. The van der Waals surface area contributed by atoms with E-state index < -0.39 is 23.6 Å². The lowest BCUT2D eigenvalue weighted by Gasteiger charge is -2.17. The van der Waals surface area contributed by atoms with Crippen molar-refractivity contribution >= 4 is 23.5 Å². The van der Waals surface area contributed by atoms with Crippen molar-refractivity contribution in [1.82, 2.24) is 4.90 Å². The number of rotatable bonds is 6. The van der Waals surface area contributed by atoms with Crippen LogP contribution in [-0.2, 0) is 20.9 Å². The number of aliphatic carboxylic acids is 2. The van der Waals surface area contributed by atoms with Crippen molar-refractivity contribution in [3.05, 3.63) is 59.7 Å². The van der Waals surface area contributed by atoms with Gasteiger partial charge in [-0.05, 0) is 36.9 Å². The number of ether oxygens (including phenoxy) is 1. The molecule has 29 heavy (non-hydrogen) atoms. The SMILES string of the molecule is COc1cccc(CN(C)CC(=O)Nc2ccc(F)c(F)c2)c1.O=C(O)C(=O)O. The largest absolute Gasteiger partial charge is 0.497 e. The van der Waals surface area contributed by atoms with Gasteiger partial charge in [0.1, 0.15) is 5.75 Å². The number of likely N-dealkylation sites (N-methyl/N-ethyl adjacent to an activating group) is 1. The number of hydrogen-bond acceptors (Lipinski definition) is 5. The Morgan fingerprint density at radius 2 is 1.69 bits per heavy atom. The zero-order valence-electron chi connectivity index (χ0n) is 15.7. The summed E-state index contributed by atoms with van der Waals surface area (Å²) in [4.78, 5) is 31.9. The van der Waals surface area contributed by atoms with Crippen LogP contribution >= 0.6 is 0 Å². The Morgan fingerprint density at radius 3 is 2.24 bits per heavy atom. The lowest BCUT2D eigenvalue weighted by Crippen LogP contribution is -2.29. The fourth-order valence-electron chi connectivity index (χ4n) is 2.16. The molecule has 0 atom stereocenters. The molecule has 0 aromatic heterocycles. The molecule has 8 nitrogen and oxygen atoms in total. The number of nitrogens with one attached hydrogen (secondary N) is 1. The van der Waals surface area contributed by atoms with Gasteiger partial charge in [0.2, 0.25) is 5.91 Å². The Labute approximate surface area is 165 Å². The minimum atomic E-state index is -1.82. The average molecular weight is 410 g/mol. The molecule has 0 bridgehead atoms. The van der Waals surface area contributed by atoms with Crippen LogP contribution in [0.5, 0.6) is 5.75 Å². The number of carbonyl (C=O) groups is 3. The van der Waals surface area contributed by atoms with Crippen LogP contribution in [-0.4, -0.2) is 53.7 Å². The van der Waals surface area contributed by atoms with Gasteiger partial charge in [0.05, 0.1) is 13.7 Å². The number of benzene rings is 2. The highest BCUT2D eigenvalue weighted by Crippen LogP contribution is 2.15. The van der Waals surface area contributed by atoms with Crippen molar-refractivity contribution in [3.8, 4) is 5.75 Å². The monoisotopic (exact) mass is 410 g/mol. The Balaban J connectivity index is 0.000000612. The molecule has 3 N–H and O–H groups in total. The molecule has 10 heteroatoms. The summed E-state index contributed by atoms with van der Waals surface area (Å²) in [5.41, 5.74) is 1.23. The third-order valence-corrected chi connectivity index (χ3v) is 3.39. The van der Waals surface area contributed by atoms with Crippen molar-refractivity contribution in [3.63, 3.8) is 0 Å². The summed E-state index contributed by atoms with van der Waals surface area (Å²) in [6.07, 6.45) is 0. The van der Waals surface area contributed by atoms with Gasteiger partial charge in [-0.2, -0.15) is 0 Å². The Bertz CT molecular complexity index is 864.